The van der Waals surface area contributed by atoms with E-state index in [4.69, 9.17) is 15.6 Å². The van der Waals surface area contributed by atoms with Crippen molar-refractivity contribution in [3.05, 3.63) is 39.8 Å². The fourth-order valence-electron chi connectivity index (χ4n) is 3.75. The molecule has 0 aliphatic carbocycles. The zero-order valence-corrected chi connectivity index (χ0v) is 18.8. The van der Waals surface area contributed by atoms with Gasteiger partial charge in [-0.05, 0) is 12.1 Å². The van der Waals surface area contributed by atoms with Crippen LogP contribution >= 0.6 is 24.8 Å². The number of nitrogens with one attached hydrogen (secondary N) is 2. The Bertz CT molecular complexity index is 1210. The molecule has 12 heteroatoms. The van der Waals surface area contributed by atoms with Gasteiger partial charge in [-0.3, -0.25) is 4.79 Å². The van der Waals surface area contributed by atoms with Crippen molar-refractivity contribution in [1.29, 1.82) is 0 Å². The minimum absolute atomic E-state index is 0. The molecule has 3 aromatic rings. The summed E-state index contributed by atoms with van der Waals surface area (Å²) < 4.78 is 12.4. The van der Waals surface area contributed by atoms with Gasteiger partial charge in [0.25, 0.3) is 5.56 Å². The Hall–Kier alpha value is -2.92. The number of aryl methyl sites for hydroxylation is 1. The third-order valence-electron chi connectivity index (χ3n) is 5.19. The SMILES string of the molecule is Cl.Cl.Cn1c(CNCCN)cc2cc3c(cc21)OCCc1c-3[nH]c(=O)c(OC(=O)O)c1O. The molecular formula is C20H24Cl2N4O6. The van der Waals surface area contributed by atoms with Gasteiger partial charge in [-0.1, -0.05) is 0 Å². The molecule has 0 atom stereocenters. The largest absolute Gasteiger partial charge is 0.511 e. The smallest absolute Gasteiger partial charge is 0.504 e. The summed E-state index contributed by atoms with van der Waals surface area (Å²) in [5, 5.41) is 23.5. The molecule has 2 aromatic heterocycles. The number of H-pyrrole nitrogens is 1. The molecule has 4 rings (SSSR count). The van der Waals surface area contributed by atoms with Crippen LogP contribution in [-0.2, 0) is 20.0 Å². The number of aromatic nitrogens is 2. The number of aromatic hydroxyl groups is 1. The Morgan fingerprint density at radius 2 is 2.09 bits per heavy atom. The number of ether oxygens (including phenoxy) is 2. The Morgan fingerprint density at radius 1 is 1.34 bits per heavy atom. The number of rotatable bonds is 5. The summed E-state index contributed by atoms with van der Waals surface area (Å²) in [6, 6.07) is 5.81. The van der Waals surface area contributed by atoms with Crippen LogP contribution in [0.15, 0.2) is 23.0 Å². The summed E-state index contributed by atoms with van der Waals surface area (Å²) in [6.45, 7) is 2.15. The predicted octanol–water partition coefficient (Wildman–Crippen LogP) is 2.12. The minimum atomic E-state index is -1.68. The van der Waals surface area contributed by atoms with Crippen LogP contribution in [0.3, 0.4) is 0 Å². The number of hydrogen-bond acceptors (Lipinski definition) is 7. The van der Waals surface area contributed by atoms with Crippen LogP contribution in [0, 0.1) is 0 Å². The highest BCUT2D eigenvalue weighted by atomic mass is 35.5. The number of fused-ring (bicyclic) bond motifs is 4. The maximum Gasteiger partial charge on any atom is 0.511 e. The van der Waals surface area contributed by atoms with Gasteiger partial charge in [0.2, 0.25) is 5.75 Å². The standard InChI is InChI=1S/C20H22N4O6.2ClH/c1-24-11(9-22-4-3-21)6-10-7-13-15(8-14(10)24)29-5-2-12-16(13)23-19(26)18(17(12)25)30-20(27)28;;/h6-8,22H,2-5,9,21H2,1H3,(H,27,28)(H2,23,25,26);2*1H. The molecule has 0 bridgehead atoms. The molecule has 174 valence electrons. The van der Waals surface area contributed by atoms with Gasteiger partial charge in [0.15, 0.2) is 5.75 Å². The number of nitrogens with two attached hydrogens (primary N) is 1. The average Bonchev–Trinajstić information content (AvgIpc) is 2.89. The number of benzene rings is 1. The highest BCUT2D eigenvalue weighted by Crippen LogP contribution is 2.41. The van der Waals surface area contributed by atoms with Crippen LogP contribution < -0.4 is 26.1 Å². The van der Waals surface area contributed by atoms with Crippen molar-refractivity contribution < 1.29 is 24.5 Å². The van der Waals surface area contributed by atoms with Crippen LogP contribution in [0.2, 0.25) is 0 Å². The number of halogens is 2. The number of aromatic amines is 1. The van der Waals surface area contributed by atoms with Gasteiger partial charge < -0.3 is 40.3 Å². The monoisotopic (exact) mass is 486 g/mol. The molecule has 0 radical (unpaired) electrons. The van der Waals surface area contributed by atoms with E-state index in [9.17, 15) is 14.7 Å². The van der Waals surface area contributed by atoms with Gasteiger partial charge in [-0.25, -0.2) is 4.79 Å². The fourth-order valence-corrected chi connectivity index (χ4v) is 3.75. The van der Waals surface area contributed by atoms with E-state index in [0.717, 1.165) is 16.6 Å². The zero-order chi connectivity index (χ0) is 21.4. The molecule has 6 N–H and O–H groups in total. The molecule has 0 saturated carbocycles. The van der Waals surface area contributed by atoms with Crippen molar-refractivity contribution in [2.24, 2.45) is 12.8 Å². The lowest BCUT2D eigenvalue weighted by atomic mass is 10.0. The first kappa shape index (κ1) is 25.3. The minimum Gasteiger partial charge on any atom is -0.504 e. The van der Waals surface area contributed by atoms with E-state index in [1.165, 1.54) is 0 Å². The highest BCUT2D eigenvalue weighted by Gasteiger charge is 2.26. The van der Waals surface area contributed by atoms with Gasteiger partial charge in [-0.15, -0.1) is 24.8 Å². The lowest BCUT2D eigenvalue weighted by molar-refractivity contribution is 0.142. The van der Waals surface area contributed by atoms with E-state index in [1.807, 2.05) is 25.2 Å². The second kappa shape index (κ2) is 10.1. The summed E-state index contributed by atoms with van der Waals surface area (Å²) in [5.41, 5.74) is 8.07. The molecule has 0 saturated heterocycles. The molecule has 0 amide bonds. The van der Waals surface area contributed by atoms with Gasteiger partial charge in [-0.2, -0.15) is 0 Å². The first-order valence-corrected chi connectivity index (χ1v) is 9.46. The summed E-state index contributed by atoms with van der Waals surface area (Å²) in [6.07, 6.45) is -1.41. The van der Waals surface area contributed by atoms with E-state index < -0.39 is 23.2 Å². The first-order chi connectivity index (χ1) is 14.4. The van der Waals surface area contributed by atoms with E-state index in [2.05, 4.69) is 19.6 Å². The normalized spacial score (nSPS) is 11.9. The number of hydrogen-bond donors (Lipinski definition) is 5. The quantitative estimate of drug-likeness (QED) is 0.271. The molecule has 1 aliphatic rings. The Balaban J connectivity index is 0.00000181. The number of carboxylic acid groups (broad SMARTS) is 1. The van der Waals surface area contributed by atoms with Gasteiger partial charge in [0, 0.05) is 61.4 Å². The maximum atomic E-state index is 12.4. The van der Waals surface area contributed by atoms with Gasteiger partial charge in [0.05, 0.1) is 17.8 Å². The predicted molar refractivity (Wildman–Crippen MR) is 124 cm³/mol. The Labute approximate surface area is 195 Å². The van der Waals surface area contributed by atoms with Crippen molar-refractivity contribution in [2.75, 3.05) is 19.7 Å². The lowest BCUT2D eigenvalue weighted by Crippen LogP contribution is -2.22. The number of carbonyl (C=O) groups is 1. The first-order valence-electron chi connectivity index (χ1n) is 9.46. The summed E-state index contributed by atoms with van der Waals surface area (Å²) in [4.78, 5) is 25.9. The van der Waals surface area contributed by atoms with Gasteiger partial charge >= 0.3 is 6.16 Å². The van der Waals surface area contributed by atoms with E-state index in [-0.39, 0.29) is 37.8 Å². The molecule has 1 aliphatic heterocycles. The Kier molecular flexibility index (Phi) is 8.02. The molecule has 32 heavy (non-hydrogen) atoms. The van der Waals surface area contributed by atoms with Crippen molar-refractivity contribution in [3.8, 4) is 28.5 Å². The molecule has 10 nitrogen and oxygen atoms in total. The van der Waals surface area contributed by atoms with Crippen molar-refractivity contribution in [2.45, 2.75) is 13.0 Å². The second-order valence-corrected chi connectivity index (χ2v) is 7.02. The second-order valence-electron chi connectivity index (χ2n) is 7.02. The third-order valence-corrected chi connectivity index (χ3v) is 5.19. The Morgan fingerprint density at radius 3 is 2.78 bits per heavy atom. The molecule has 3 heterocycles. The van der Waals surface area contributed by atoms with Crippen LogP contribution in [-0.4, -0.2) is 45.6 Å². The zero-order valence-electron chi connectivity index (χ0n) is 17.1. The summed E-state index contributed by atoms with van der Waals surface area (Å²) in [7, 11) is 1.96. The van der Waals surface area contributed by atoms with Crippen LogP contribution in [0.1, 0.15) is 11.3 Å². The van der Waals surface area contributed by atoms with Crippen LogP contribution in [0.25, 0.3) is 22.2 Å². The lowest BCUT2D eigenvalue weighted by Gasteiger charge is -2.12. The molecule has 1 aromatic carbocycles. The van der Waals surface area contributed by atoms with Crippen LogP contribution in [0.4, 0.5) is 4.79 Å². The maximum absolute atomic E-state index is 12.4. The average molecular weight is 487 g/mol. The fraction of sp³-hybridized carbons (Fsp3) is 0.300. The topological polar surface area (TPSA) is 152 Å². The highest BCUT2D eigenvalue weighted by molar-refractivity contribution is 5.90. The van der Waals surface area contributed by atoms with Crippen LogP contribution in [0.5, 0.6) is 17.2 Å². The number of pyridine rings is 1. The van der Waals surface area contributed by atoms with Crippen molar-refractivity contribution in [3.63, 3.8) is 0 Å². The third kappa shape index (κ3) is 4.49. The van der Waals surface area contributed by atoms with Gasteiger partial charge in [0.1, 0.15) is 5.75 Å². The van der Waals surface area contributed by atoms with E-state index in [1.54, 1.807) is 0 Å². The van der Waals surface area contributed by atoms with E-state index >= 15 is 0 Å². The molecular weight excluding hydrogens is 463 g/mol. The van der Waals surface area contributed by atoms with Crippen molar-refractivity contribution in [1.82, 2.24) is 14.9 Å². The summed E-state index contributed by atoms with van der Waals surface area (Å²) >= 11 is 0. The summed E-state index contributed by atoms with van der Waals surface area (Å²) in [5.74, 6) is -0.572. The van der Waals surface area contributed by atoms with Crippen molar-refractivity contribution >= 4 is 41.9 Å². The number of nitrogens with zero attached hydrogens (tertiary/aromatic N) is 1. The molecule has 0 fully saturated rings. The van der Waals surface area contributed by atoms with E-state index in [0.29, 0.717) is 42.2 Å². The molecule has 0 spiro atoms. The molecule has 0 unspecified atom stereocenters.